The van der Waals surface area contributed by atoms with Gasteiger partial charge in [0, 0.05) is 43.2 Å². The summed E-state index contributed by atoms with van der Waals surface area (Å²) in [5.74, 6) is 0.432. The van der Waals surface area contributed by atoms with E-state index in [2.05, 4.69) is 48.8 Å². The Morgan fingerprint density at radius 2 is 1.65 bits per heavy atom. The van der Waals surface area contributed by atoms with Gasteiger partial charge in [0.15, 0.2) is 0 Å². The molecule has 2 heterocycles. The van der Waals surface area contributed by atoms with Gasteiger partial charge in [-0.15, -0.1) is 0 Å². The van der Waals surface area contributed by atoms with E-state index in [9.17, 15) is 15.0 Å². The normalized spacial score (nSPS) is 27.8. The number of amides is 1. The molecule has 0 radical (unpaired) electrons. The molecule has 34 heavy (non-hydrogen) atoms. The van der Waals surface area contributed by atoms with Gasteiger partial charge in [-0.1, -0.05) is 45.0 Å². The van der Waals surface area contributed by atoms with Crippen LogP contribution in [0.5, 0.6) is 5.75 Å². The highest BCUT2D eigenvalue weighted by molar-refractivity contribution is 5.94. The molecule has 2 N–H and O–H groups in total. The first-order valence-corrected chi connectivity index (χ1v) is 12.7. The highest BCUT2D eigenvalue weighted by Gasteiger charge is 2.57. The number of benzene rings is 2. The maximum absolute atomic E-state index is 13.7. The van der Waals surface area contributed by atoms with Crippen LogP contribution in [0.2, 0.25) is 0 Å². The number of nitrogens with zero attached hydrogens (tertiary/aromatic N) is 2. The van der Waals surface area contributed by atoms with Gasteiger partial charge in [-0.05, 0) is 72.9 Å². The predicted molar refractivity (Wildman–Crippen MR) is 134 cm³/mol. The average Bonchev–Trinajstić information content (AvgIpc) is 2.78. The molecule has 182 valence electrons. The molecule has 2 aliphatic heterocycles. The molecular formula is C29H38N2O3. The summed E-state index contributed by atoms with van der Waals surface area (Å²) in [7, 11) is 0. The molecule has 2 saturated heterocycles. The third kappa shape index (κ3) is 3.74. The molecule has 0 aromatic heterocycles. The SMILES string of the molecule is CC1(O)CCN(Cc2ccc(C(=O)N3CC[C@@]4(C)c5cccc(O)c5CC3C4(C)C)cc2)CC1. The van der Waals surface area contributed by atoms with Crippen molar-refractivity contribution >= 4 is 5.91 Å². The van der Waals surface area contributed by atoms with Crippen LogP contribution in [0.15, 0.2) is 42.5 Å². The van der Waals surface area contributed by atoms with Crippen LogP contribution in [0.25, 0.3) is 0 Å². The van der Waals surface area contributed by atoms with E-state index in [0.29, 0.717) is 12.2 Å². The molecule has 5 nitrogen and oxygen atoms in total. The number of piperidine rings is 2. The van der Waals surface area contributed by atoms with Gasteiger partial charge in [-0.3, -0.25) is 9.69 Å². The molecule has 5 heteroatoms. The highest BCUT2D eigenvalue weighted by atomic mass is 16.3. The van der Waals surface area contributed by atoms with Crippen LogP contribution in [0.1, 0.15) is 74.0 Å². The lowest BCUT2D eigenvalue weighted by molar-refractivity contribution is -0.0266. The van der Waals surface area contributed by atoms with Gasteiger partial charge in [0.05, 0.1) is 5.60 Å². The Kier molecular flexibility index (Phi) is 5.57. The molecule has 0 saturated carbocycles. The van der Waals surface area contributed by atoms with Crippen molar-refractivity contribution in [1.29, 1.82) is 0 Å². The van der Waals surface area contributed by atoms with Crippen LogP contribution < -0.4 is 0 Å². The van der Waals surface area contributed by atoms with E-state index in [1.54, 1.807) is 6.07 Å². The first kappa shape index (κ1) is 23.4. The fraction of sp³-hybridized carbons (Fsp3) is 0.552. The van der Waals surface area contributed by atoms with Crippen molar-refractivity contribution in [2.24, 2.45) is 5.41 Å². The quantitative estimate of drug-likeness (QED) is 0.705. The van der Waals surface area contributed by atoms with Gasteiger partial charge in [0.1, 0.15) is 5.75 Å². The van der Waals surface area contributed by atoms with E-state index in [4.69, 9.17) is 0 Å². The van der Waals surface area contributed by atoms with E-state index in [0.717, 1.165) is 56.6 Å². The second-order valence-corrected chi connectivity index (χ2v) is 11.8. The molecular weight excluding hydrogens is 424 g/mol. The summed E-state index contributed by atoms with van der Waals surface area (Å²) in [6.07, 6.45) is 3.17. The molecule has 2 aromatic rings. The molecule has 5 rings (SSSR count). The molecule has 2 fully saturated rings. The minimum atomic E-state index is -0.540. The Bertz CT molecular complexity index is 1080. The summed E-state index contributed by atoms with van der Waals surface area (Å²) in [5.41, 5.74) is 3.45. The molecule has 1 aliphatic carbocycles. The van der Waals surface area contributed by atoms with Gasteiger partial charge in [0.2, 0.25) is 0 Å². The highest BCUT2D eigenvalue weighted by Crippen LogP contribution is 2.57. The van der Waals surface area contributed by atoms with E-state index in [1.165, 1.54) is 11.1 Å². The average molecular weight is 463 g/mol. The number of hydrogen-bond donors (Lipinski definition) is 2. The number of hydrogen-bond acceptors (Lipinski definition) is 4. The lowest BCUT2D eigenvalue weighted by Crippen LogP contribution is -2.64. The van der Waals surface area contributed by atoms with E-state index < -0.39 is 5.60 Å². The van der Waals surface area contributed by atoms with Crippen molar-refractivity contribution in [2.45, 2.75) is 77.0 Å². The summed E-state index contributed by atoms with van der Waals surface area (Å²) in [4.78, 5) is 18.1. The molecule has 2 atom stereocenters. The summed E-state index contributed by atoms with van der Waals surface area (Å²) < 4.78 is 0. The molecule has 0 spiro atoms. The third-order valence-electron chi connectivity index (χ3n) is 9.43. The van der Waals surface area contributed by atoms with Gasteiger partial charge in [-0.25, -0.2) is 0 Å². The van der Waals surface area contributed by atoms with Crippen molar-refractivity contribution in [1.82, 2.24) is 9.80 Å². The Balaban J connectivity index is 1.34. The Labute approximate surface area is 203 Å². The van der Waals surface area contributed by atoms with Crippen LogP contribution in [-0.2, 0) is 18.4 Å². The summed E-state index contributed by atoms with van der Waals surface area (Å²) in [5, 5.41) is 20.8. The number of carbonyl (C=O) groups is 1. The van der Waals surface area contributed by atoms with Crippen LogP contribution in [-0.4, -0.2) is 57.2 Å². The third-order valence-corrected chi connectivity index (χ3v) is 9.43. The summed E-state index contributed by atoms with van der Waals surface area (Å²) in [6, 6.07) is 14.0. The van der Waals surface area contributed by atoms with E-state index in [1.807, 2.05) is 25.1 Å². The molecule has 1 unspecified atom stereocenters. The van der Waals surface area contributed by atoms with Crippen molar-refractivity contribution < 1.29 is 15.0 Å². The van der Waals surface area contributed by atoms with Gasteiger partial charge < -0.3 is 15.1 Å². The number of phenolic OH excluding ortho intramolecular Hbond substituents is 1. The largest absolute Gasteiger partial charge is 0.508 e. The van der Waals surface area contributed by atoms with Crippen molar-refractivity contribution in [3.05, 3.63) is 64.7 Å². The fourth-order valence-electron chi connectivity index (χ4n) is 6.54. The van der Waals surface area contributed by atoms with Gasteiger partial charge in [0.25, 0.3) is 5.91 Å². The number of aliphatic hydroxyl groups is 1. The van der Waals surface area contributed by atoms with E-state index in [-0.39, 0.29) is 22.8 Å². The number of phenols is 1. The van der Waals surface area contributed by atoms with E-state index >= 15 is 0 Å². The smallest absolute Gasteiger partial charge is 0.254 e. The second-order valence-electron chi connectivity index (χ2n) is 11.8. The number of aromatic hydroxyl groups is 1. The zero-order chi connectivity index (χ0) is 24.3. The van der Waals surface area contributed by atoms with Crippen molar-refractivity contribution in [3.63, 3.8) is 0 Å². The Morgan fingerprint density at radius 3 is 2.32 bits per heavy atom. The molecule has 2 aromatic carbocycles. The van der Waals surface area contributed by atoms with Crippen molar-refractivity contribution in [3.8, 4) is 5.75 Å². The maximum Gasteiger partial charge on any atom is 0.254 e. The maximum atomic E-state index is 13.7. The first-order chi connectivity index (χ1) is 16.0. The lowest BCUT2D eigenvalue weighted by Gasteiger charge is -2.60. The summed E-state index contributed by atoms with van der Waals surface area (Å²) in [6.45, 7) is 12.1. The Hall–Kier alpha value is -2.37. The van der Waals surface area contributed by atoms with Crippen LogP contribution in [0.3, 0.4) is 0 Å². The van der Waals surface area contributed by atoms with Crippen molar-refractivity contribution in [2.75, 3.05) is 19.6 Å². The first-order valence-electron chi connectivity index (χ1n) is 12.7. The van der Waals surface area contributed by atoms with Gasteiger partial charge >= 0.3 is 0 Å². The minimum Gasteiger partial charge on any atom is -0.508 e. The number of rotatable bonds is 3. The lowest BCUT2D eigenvalue weighted by atomic mass is 9.51. The number of fused-ring (bicyclic) bond motifs is 4. The molecule has 1 amide bonds. The Morgan fingerprint density at radius 1 is 0.971 bits per heavy atom. The number of carbonyl (C=O) groups excluding carboxylic acids is 1. The zero-order valence-corrected chi connectivity index (χ0v) is 21.0. The fourth-order valence-corrected chi connectivity index (χ4v) is 6.54. The monoisotopic (exact) mass is 462 g/mol. The topological polar surface area (TPSA) is 64.0 Å². The minimum absolute atomic E-state index is 0.0420. The van der Waals surface area contributed by atoms with Crippen LogP contribution >= 0.6 is 0 Å². The second kappa shape index (κ2) is 8.10. The standard InChI is InChI=1S/C29H38N2O3/c1-27(2)25-18-22-23(6-5-7-24(22)32)29(27,4)14-17-31(25)26(33)21-10-8-20(9-11-21)19-30-15-12-28(3,34)13-16-30/h5-11,25,32,34H,12-19H2,1-4H3/t25?,29-/m0/s1. The number of likely N-dealkylation sites (tertiary alicyclic amines) is 2. The van der Waals surface area contributed by atoms with Gasteiger partial charge in [-0.2, -0.15) is 0 Å². The van der Waals surface area contributed by atoms with Crippen LogP contribution in [0.4, 0.5) is 0 Å². The summed E-state index contributed by atoms with van der Waals surface area (Å²) >= 11 is 0. The molecule has 3 aliphatic rings. The molecule has 2 bridgehead atoms. The zero-order valence-electron chi connectivity index (χ0n) is 21.0. The van der Waals surface area contributed by atoms with Crippen LogP contribution in [0, 0.1) is 5.41 Å². The predicted octanol–water partition coefficient (Wildman–Crippen LogP) is 4.49.